The van der Waals surface area contributed by atoms with E-state index >= 15 is 0 Å². The summed E-state index contributed by atoms with van der Waals surface area (Å²) < 4.78 is 11.8. The van der Waals surface area contributed by atoms with Crippen LogP contribution in [0.3, 0.4) is 0 Å². The minimum Gasteiger partial charge on any atom is -0.465 e. The van der Waals surface area contributed by atoms with Gasteiger partial charge in [-0.15, -0.1) is 0 Å². The Morgan fingerprint density at radius 3 is 3.04 bits per heavy atom. The highest BCUT2D eigenvalue weighted by Gasteiger charge is 2.30. The molecular weight excluding hydrogens is 372 g/mol. The summed E-state index contributed by atoms with van der Waals surface area (Å²) in [6.45, 7) is 3.73. The second-order valence-electron chi connectivity index (χ2n) is 5.86. The number of piperidine rings is 1. The maximum absolute atomic E-state index is 12.2. The maximum atomic E-state index is 12.2. The van der Waals surface area contributed by atoms with Crippen molar-refractivity contribution in [3.8, 4) is 11.5 Å². The average Bonchev–Trinajstić information content (AvgIpc) is 3.04. The van der Waals surface area contributed by atoms with Crippen LogP contribution in [-0.4, -0.2) is 35.0 Å². The van der Waals surface area contributed by atoms with Gasteiger partial charge in [0.1, 0.15) is 12.3 Å². The molecule has 0 radical (unpaired) electrons. The number of hydrogen-bond donors (Lipinski definition) is 0. The first kappa shape index (κ1) is 17.2. The fourth-order valence-electron chi connectivity index (χ4n) is 3.03. The van der Waals surface area contributed by atoms with E-state index in [4.69, 9.17) is 9.15 Å². The van der Waals surface area contributed by atoms with Gasteiger partial charge in [-0.3, -0.25) is 9.69 Å². The lowest BCUT2D eigenvalue weighted by Gasteiger charge is -2.33. The molecule has 5 nitrogen and oxygen atoms in total. The Morgan fingerprint density at radius 1 is 1.42 bits per heavy atom. The van der Waals surface area contributed by atoms with Crippen molar-refractivity contribution in [1.82, 2.24) is 9.88 Å². The molecule has 0 aliphatic carbocycles. The molecule has 0 saturated carbocycles. The first-order valence-corrected chi connectivity index (χ1v) is 9.08. The molecule has 6 heteroatoms. The smallest absolute Gasteiger partial charge is 0.323 e. The van der Waals surface area contributed by atoms with E-state index in [9.17, 15) is 4.79 Å². The molecule has 0 amide bonds. The molecule has 1 unspecified atom stereocenters. The van der Waals surface area contributed by atoms with Gasteiger partial charge in [-0.25, -0.2) is 4.98 Å². The lowest BCUT2D eigenvalue weighted by Crippen LogP contribution is -2.45. The van der Waals surface area contributed by atoms with Crippen LogP contribution in [-0.2, 0) is 16.1 Å². The quantitative estimate of drug-likeness (QED) is 0.719. The highest BCUT2D eigenvalue weighted by atomic mass is 79.9. The van der Waals surface area contributed by atoms with Gasteiger partial charge in [0.05, 0.1) is 17.9 Å². The molecule has 2 aromatic rings. The third-order valence-corrected chi connectivity index (χ3v) is 4.88. The molecule has 1 saturated heterocycles. The van der Waals surface area contributed by atoms with Crippen LogP contribution < -0.4 is 0 Å². The summed E-state index contributed by atoms with van der Waals surface area (Å²) in [5, 5.41) is 0. The number of nitrogens with zero attached hydrogens (tertiary/aromatic N) is 2. The van der Waals surface area contributed by atoms with Gasteiger partial charge in [-0.2, -0.15) is 0 Å². The number of carbonyl (C=O) groups excluding carboxylic acids is 1. The Kier molecular flexibility index (Phi) is 5.68. The molecule has 2 heterocycles. The number of halogens is 1. The molecule has 0 N–H and O–H groups in total. The van der Waals surface area contributed by atoms with E-state index in [2.05, 4.69) is 25.8 Å². The van der Waals surface area contributed by atoms with Gasteiger partial charge in [-0.05, 0) is 54.4 Å². The van der Waals surface area contributed by atoms with Gasteiger partial charge in [-0.1, -0.05) is 18.6 Å². The third kappa shape index (κ3) is 3.87. The van der Waals surface area contributed by atoms with Crippen molar-refractivity contribution in [3.63, 3.8) is 0 Å². The standard InChI is InChI=1S/C18H21BrN2O3/c1-2-23-18(22)16-9-5-6-10-21(16)11-13-12-24-17(20-13)14-7-3-4-8-15(14)19/h3-4,7-8,12,16H,2,5-6,9-11H2,1H3. The Labute approximate surface area is 150 Å². The topological polar surface area (TPSA) is 55.6 Å². The largest absolute Gasteiger partial charge is 0.465 e. The molecule has 3 rings (SSSR count). The van der Waals surface area contributed by atoms with Crippen LogP contribution in [0, 0.1) is 0 Å². The fourth-order valence-corrected chi connectivity index (χ4v) is 3.49. The SMILES string of the molecule is CCOC(=O)C1CCCCN1Cc1coc(-c2ccccc2Br)n1. The van der Waals surface area contributed by atoms with Crippen molar-refractivity contribution in [3.05, 3.63) is 40.7 Å². The summed E-state index contributed by atoms with van der Waals surface area (Å²) in [6, 6.07) is 7.64. The molecule has 1 aliphatic heterocycles. The average molecular weight is 393 g/mol. The molecule has 1 fully saturated rings. The zero-order chi connectivity index (χ0) is 16.9. The van der Waals surface area contributed by atoms with Crippen molar-refractivity contribution in [2.45, 2.75) is 38.8 Å². The number of carbonyl (C=O) groups is 1. The van der Waals surface area contributed by atoms with Gasteiger partial charge < -0.3 is 9.15 Å². The van der Waals surface area contributed by atoms with E-state index in [0.29, 0.717) is 19.0 Å². The van der Waals surface area contributed by atoms with Gasteiger partial charge in [0, 0.05) is 11.0 Å². The number of rotatable bonds is 5. The van der Waals surface area contributed by atoms with Gasteiger partial charge in [0.15, 0.2) is 0 Å². The summed E-state index contributed by atoms with van der Waals surface area (Å²) in [6.07, 6.45) is 4.66. The van der Waals surface area contributed by atoms with Crippen molar-refractivity contribution < 1.29 is 13.9 Å². The molecular formula is C18H21BrN2O3. The number of oxazole rings is 1. The van der Waals surface area contributed by atoms with Crippen LogP contribution in [0.15, 0.2) is 39.4 Å². The molecule has 1 aromatic heterocycles. The Balaban J connectivity index is 1.73. The summed E-state index contributed by atoms with van der Waals surface area (Å²) in [7, 11) is 0. The summed E-state index contributed by atoms with van der Waals surface area (Å²) in [5.41, 5.74) is 1.75. The lowest BCUT2D eigenvalue weighted by molar-refractivity contribution is -0.151. The molecule has 1 aliphatic rings. The van der Waals surface area contributed by atoms with Crippen molar-refractivity contribution >= 4 is 21.9 Å². The van der Waals surface area contributed by atoms with Crippen LogP contribution in [0.5, 0.6) is 0 Å². The molecule has 128 valence electrons. The lowest BCUT2D eigenvalue weighted by atomic mass is 10.0. The minimum atomic E-state index is -0.178. The second-order valence-corrected chi connectivity index (χ2v) is 6.71. The number of aromatic nitrogens is 1. The maximum Gasteiger partial charge on any atom is 0.323 e. The van der Waals surface area contributed by atoms with Gasteiger partial charge >= 0.3 is 5.97 Å². The normalized spacial score (nSPS) is 18.5. The number of ether oxygens (including phenoxy) is 1. The predicted octanol–water partition coefficient (Wildman–Crippen LogP) is 4.02. The van der Waals surface area contributed by atoms with Crippen LogP contribution >= 0.6 is 15.9 Å². The zero-order valence-corrected chi connectivity index (χ0v) is 15.3. The number of esters is 1. The van der Waals surface area contributed by atoms with Crippen LogP contribution in [0.2, 0.25) is 0 Å². The van der Waals surface area contributed by atoms with Gasteiger partial charge in [0.25, 0.3) is 0 Å². The van der Waals surface area contributed by atoms with Crippen molar-refractivity contribution in [2.24, 2.45) is 0 Å². The van der Waals surface area contributed by atoms with Gasteiger partial charge in [0.2, 0.25) is 5.89 Å². The van der Waals surface area contributed by atoms with E-state index in [0.717, 1.165) is 41.5 Å². The molecule has 1 aromatic carbocycles. The summed E-state index contributed by atoms with van der Waals surface area (Å²) >= 11 is 3.52. The van der Waals surface area contributed by atoms with E-state index in [1.165, 1.54) is 0 Å². The third-order valence-electron chi connectivity index (χ3n) is 4.19. The minimum absolute atomic E-state index is 0.133. The Morgan fingerprint density at radius 2 is 2.25 bits per heavy atom. The molecule has 0 spiro atoms. The highest BCUT2D eigenvalue weighted by molar-refractivity contribution is 9.10. The van der Waals surface area contributed by atoms with Crippen LogP contribution in [0.4, 0.5) is 0 Å². The van der Waals surface area contributed by atoms with E-state index in [1.807, 2.05) is 31.2 Å². The monoisotopic (exact) mass is 392 g/mol. The number of benzene rings is 1. The molecule has 0 bridgehead atoms. The van der Waals surface area contributed by atoms with Crippen molar-refractivity contribution in [2.75, 3.05) is 13.2 Å². The van der Waals surface area contributed by atoms with E-state index in [1.54, 1.807) is 6.26 Å². The van der Waals surface area contributed by atoms with Crippen LogP contribution in [0.1, 0.15) is 31.9 Å². The Hall–Kier alpha value is -1.66. The molecule has 24 heavy (non-hydrogen) atoms. The Bertz CT molecular complexity index is 701. The second kappa shape index (κ2) is 7.94. The number of hydrogen-bond acceptors (Lipinski definition) is 5. The first-order valence-electron chi connectivity index (χ1n) is 8.29. The fraction of sp³-hybridized carbons (Fsp3) is 0.444. The van der Waals surface area contributed by atoms with Crippen molar-refractivity contribution in [1.29, 1.82) is 0 Å². The molecule has 1 atom stereocenters. The van der Waals surface area contributed by atoms with E-state index < -0.39 is 0 Å². The highest BCUT2D eigenvalue weighted by Crippen LogP contribution is 2.28. The summed E-state index contributed by atoms with van der Waals surface area (Å²) in [4.78, 5) is 18.9. The summed E-state index contributed by atoms with van der Waals surface area (Å²) in [5.74, 6) is 0.453. The predicted molar refractivity (Wildman–Crippen MR) is 94.3 cm³/mol. The van der Waals surface area contributed by atoms with Crippen LogP contribution in [0.25, 0.3) is 11.5 Å². The van der Waals surface area contributed by atoms with E-state index in [-0.39, 0.29) is 12.0 Å². The first-order chi connectivity index (χ1) is 11.7. The number of likely N-dealkylation sites (tertiary alicyclic amines) is 1. The zero-order valence-electron chi connectivity index (χ0n) is 13.7.